The molecule has 1 fully saturated rings. The van der Waals surface area contributed by atoms with Crippen molar-refractivity contribution in [1.82, 2.24) is 19.8 Å². The van der Waals surface area contributed by atoms with Crippen molar-refractivity contribution in [1.29, 1.82) is 0 Å². The molecule has 3 aromatic rings. The molecular weight excluding hydrogens is 356 g/mol. The Hall–Kier alpha value is -2.28. The molecule has 1 aliphatic heterocycles. The van der Waals surface area contributed by atoms with Crippen LogP contribution in [-0.2, 0) is 13.1 Å². The number of piperazine rings is 1. The molecule has 0 unspecified atom stereocenters. The number of nitrogens with zero attached hydrogens (tertiary/aromatic N) is 4. The molecule has 1 aromatic carbocycles. The molecule has 2 aromatic heterocycles. The lowest BCUT2D eigenvalue weighted by molar-refractivity contribution is 0.122. The van der Waals surface area contributed by atoms with Crippen LogP contribution in [0, 0.1) is 0 Å². The number of thiophene rings is 1. The number of benzene rings is 1. The molecule has 1 saturated heterocycles. The molecule has 0 spiro atoms. The van der Waals surface area contributed by atoms with Crippen molar-refractivity contribution in [3.8, 4) is 17.1 Å². The molecule has 0 bridgehead atoms. The van der Waals surface area contributed by atoms with Crippen LogP contribution in [0.2, 0.25) is 0 Å². The van der Waals surface area contributed by atoms with E-state index < -0.39 is 0 Å². The standard InChI is InChI=1S/C21H24N4OS/c1-26-19-6-4-18(5-7-19)21-22-13-17(14-23-21)15-24-8-10-25(11-9-24)16-20-3-2-12-27-20/h2-7,12-14H,8-11,15-16H2,1H3. The van der Waals surface area contributed by atoms with Gasteiger partial charge in [0.25, 0.3) is 0 Å². The molecule has 140 valence electrons. The van der Waals surface area contributed by atoms with E-state index in [0.29, 0.717) is 0 Å². The van der Waals surface area contributed by atoms with Gasteiger partial charge in [0, 0.05) is 67.7 Å². The quantitative estimate of drug-likeness (QED) is 0.654. The molecule has 1 aliphatic rings. The molecule has 4 rings (SSSR count). The van der Waals surface area contributed by atoms with E-state index >= 15 is 0 Å². The van der Waals surface area contributed by atoms with Crippen molar-refractivity contribution in [2.75, 3.05) is 33.3 Å². The van der Waals surface area contributed by atoms with Gasteiger partial charge < -0.3 is 4.74 Å². The number of hydrogen-bond acceptors (Lipinski definition) is 6. The van der Waals surface area contributed by atoms with Crippen LogP contribution >= 0.6 is 11.3 Å². The van der Waals surface area contributed by atoms with Crippen LogP contribution in [-0.4, -0.2) is 53.1 Å². The highest BCUT2D eigenvalue weighted by Crippen LogP contribution is 2.19. The van der Waals surface area contributed by atoms with Gasteiger partial charge in [-0.25, -0.2) is 9.97 Å². The van der Waals surface area contributed by atoms with Gasteiger partial charge >= 0.3 is 0 Å². The summed E-state index contributed by atoms with van der Waals surface area (Å²) >= 11 is 1.84. The van der Waals surface area contributed by atoms with Crippen molar-refractivity contribution in [2.24, 2.45) is 0 Å². The average Bonchev–Trinajstić information content (AvgIpc) is 3.23. The fourth-order valence-corrected chi connectivity index (χ4v) is 4.06. The second-order valence-electron chi connectivity index (χ2n) is 6.78. The predicted molar refractivity (Wildman–Crippen MR) is 109 cm³/mol. The van der Waals surface area contributed by atoms with Crippen LogP contribution in [0.3, 0.4) is 0 Å². The smallest absolute Gasteiger partial charge is 0.159 e. The summed E-state index contributed by atoms with van der Waals surface area (Å²) in [5, 5.41) is 2.15. The van der Waals surface area contributed by atoms with Crippen LogP contribution in [0.4, 0.5) is 0 Å². The molecule has 27 heavy (non-hydrogen) atoms. The third-order valence-corrected chi connectivity index (χ3v) is 5.75. The van der Waals surface area contributed by atoms with E-state index in [-0.39, 0.29) is 0 Å². The molecule has 6 heteroatoms. The minimum atomic E-state index is 0.752. The van der Waals surface area contributed by atoms with Gasteiger partial charge in [-0.15, -0.1) is 11.3 Å². The summed E-state index contributed by atoms with van der Waals surface area (Å²) in [7, 11) is 1.67. The van der Waals surface area contributed by atoms with Crippen LogP contribution < -0.4 is 4.74 Å². The van der Waals surface area contributed by atoms with E-state index in [1.807, 2.05) is 48.0 Å². The Kier molecular flexibility index (Phi) is 5.77. The van der Waals surface area contributed by atoms with E-state index in [1.165, 1.54) is 10.4 Å². The first-order chi connectivity index (χ1) is 13.3. The lowest BCUT2D eigenvalue weighted by atomic mass is 10.2. The second kappa shape index (κ2) is 8.61. The molecule has 0 atom stereocenters. The van der Waals surface area contributed by atoms with Gasteiger partial charge in [-0.3, -0.25) is 9.80 Å². The summed E-state index contributed by atoms with van der Waals surface area (Å²) in [6, 6.07) is 12.2. The van der Waals surface area contributed by atoms with Crippen molar-refractivity contribution in [2.45, 2.75) is 13.1 Å². The monoisotopic (exact) mass is 380 g/mol. The molecular formula is C21H24N4OS. The minimum absolute atomic E-state index is 0.752. The van der Waals surface area contributed by atoms with Gasteiger partial charge in [0.15, 0.2) is 5.82 Å². The van der Waals surface area contributed by atoms with E-state index in [0.717, 1.165) is 56.4 Å². The summed E-state index contributed by atoms with van der Waals surface area (Å²) in [6.45, 7) is 6.39. The minimum Gasteiger partial charge on any atom is -0.497 e. The third kappa shape index (κ3) is 4.71. The zero-order chi connectivity index (χ0) is 18.5. The molecule has 5 nitrogen and oxygen atoms in total. The molecule has 0 amide bonds. The zero-order valence-electron chi connectivity index (χ0n) is 15.5. The maximum Gasteiger partial charge on any atom is 0.159 e. The van der Waals surface area contributed by atoms with Crippen LogP contribution in [0.15, 0.2) is 54.2 Å². The largest absolute Gasteiger partial charge is 0.497 e. The summed E-state index contributed by atoms with van der Waals surface area (Å²) in [6.07, 6.45) is 3.90. The number of ether oxygens (including phenoxy) is 1. The molecule has 0 radical (unpaired) electrons. The molecule has 0 saturated carbocycles. The lowest BCUT2D eigenvalue weighted by Gasteiger charge is -2.34. The van der Waals surface area contributed by atoms with Gasteiger partial charge in [0.1, 0.15) is 5.75 Å². The summed E-state index contributed by atoms with van der Waals surface area (Å²) in [4.78, 5) is 15.6. The first kappa shape index (κ1) is 18.1. The summed E-state index contributed by atoms with van der Waals surface area (Å²) in [5.41, 5.74) is 2.17. The Morgan fingerprint density at radius 1 is 0.926 bits per heavy atom. The Morgan fingerprint density at radius 2 is 1.59 bits per heavy atom. The fourth-order valence-electron chi connectivity index (χ4n) is 3.31. The number of rotatable bonds is 6. The van der Waals surface area contributed by atoms with E-state index in [2.05, 4.69) is 37.3 Å². The lowest BCUT2D eigenvalue weighted by Crippen LogP contribution is -2.45. The van der Waals surface area contributed by atoms with Crippen molar-refractivity contribution >= 4 is 11.3 Å². The van der Waals surface area contributed by atoms with Crippen LogP contribution in [0.25, 0.3) is 11.4 Å². The number of hydrogen-bond donors (Lipinski definition) is 0. The first-order valence-corrected chi connectivity index (χ1v) is 10.1. The maximum absolute atomic E-state index is 5.20. The highest BCUT2D eigenvalue weighted by molar-refractivity contribution is 7.09. The Bertz CT molecular complexity index is 826. The highest BCUT2D eigenvalue weighted by Gasteiger charge is 2.17. The van der Waals surface area contributed by atoms with E-state index in [9.17, 15) is 0 Å². The maximum atomic E-state index is 5.20. The Labute approximate surface area is 164 Å². The predicted octanol–water partition coefficient (Wildman–Crippen LogP) is 3.53. The SMILES string of the molecule is COc1ccc(-c2ncc(CN3CCN(Cc4cccs4)CC3)cn2)cc1. The van der Waals surface area contributed by atoms with Gasteiger partial charge in [0.05, 0.1) is 7.11 Å². The van der Waals surface area contributed by atoms with Gasteiger partial charge in [-0.1, -0.05) is 6.07 Å². The van der Waals surface area contributed by atoms with Crippen LogP contribution in [0.1, 0.15) is 10.4 Å². The van der Waals surface area contributed by atoms with Gasteiger partial charge in [0.2, 0.25) is 0 Å². The van der Waals surface area contributed by atoms with Gasteiger partial charge in [-0.05, 0) is 35.7 Å². The summed E-state index contributed by atoms with van der Waals surface area (Å²) < 4.78 is 5.20. The molecule has 0 N–H and O–H groups in total. The number of aromatic nitrogens is 2. The van der Waals surface area contributed by atoms with E-state index in [4.69, 9.17) is 4.74 Å². The highest BCUT2D eigenvalue weighted by atomic mass is 32.1. The summed E-state index contributed by atoms with van der Waals surface area (Å²) in [5.74, 6) is 1.59. The van der Waals surface area contributed by atoms with E-state index in [1.54, 1.807) is 7.11 Å². The number of methoxy groups -OCH3 is 1. The Morgan fingerprint density at radius 3 is 2.19 bits per heavy atom. The van der Waals surface area contributed by atoms with Crippen LogP contribution in [0.5, 0.6) is 5.75 Å². The topological polar surface area (TPSA) is 41.5 Å². The normalized spacial score (nSPS) is 15.7. The molecule has 3 heterocycles. The average molecular weight is 381 g/mol. The Balaban J connectivity index is 1.30. The van der Waals surface area contributed by atoms with Gasteiger partial charge in [-0.2, -0.15) is 0 Å². The first-order valence-electron chi connectivity index (χ1n) is 9.22. The van der Waals surface area contributed by atoms with Crippen molar-refractivity contribution < 1.29 is 4.74 Å². The van der Waals surface area contributed by atoms with Crippen molar-refractivity contribution in [3.05, 3.63) is 64.6 Å². The third-order valence-electron chi connectivity index (χ3n) is 4.88. The second-order valence-corrected chi connectivity index (χ2v) is 7.81. The molecule has 0 aliphatic carbocycles. The fraction of sp³-hybridized carbons (Fsp3) is 0.333. The van der Waals surface area contributed by atoms with Crippen molar-refractivity contribution in [3.63, 3.8) is 0 Å². The zero-order valence-corrected chi connectivity index (χ0v) is 16.4.